The number of aromatic amines is 1. The normalized spacial score (nSPS) is 11.0. The summed E-state index contributed by atoms with van der Waals surface area (Å²) in [5.74, 6) is 0.982. The first-order chi connectivity index (χ1) is 13.8. The molecule has 0 saturated carbocycles. The first kappa shape index (κ1) is 18.8. The van der Waals surface area contributed by atoms with E-state index in [-0.39, 0.29) is 11.2 Å². The summed E-state index contributed by atoms with van der Waals surface area (Å²) in [6, 6.07) is 11.7. The van der Waals surface area contributed by atoms with Gasteiger partial charge in [0, 0.05) is 52.6 Å². The number of H-pyrrole nitrogens is 1. The zero-order valence-electron chi connectivity index (χ0n) is 15.6. The smallest absolute Gasteiger partial charge is 0.274 e. The number of rotatable bonds is 4. The van der Waals surface area contributed by atoms with Gasteiger partial charge < -0.3 is 14.3 Å². The first-order valence-corrected chi connectivity index (χ1v) is 9.12. The SMILES string of the molecule is Cc1cc(Oc2ccc(Cl)cc2)c(-c2cn(C)c(=O)c3[nH]ccc23)cc1[N+](=O)[O-]. The zero-order valence-corrected chi connectivity index (χ0v) is 16.4. The van der Waals surface area contributed by atoms with Crippen LogP contribution in [0.2, 0.25) is 5.02 Å². The van der Waals surface area contributed by atoms with E-state index in [1.807, 2.05) is 0 Å². The lowest BCUT2D eigenvalue weighted by Gasteiger charge is -2.14. The Hall–Kier alpha value is -3.58. The minimum Gasteiger partial charge on any atom is -0.457 e. The second-order valence-corrected chi connectivity index (χ2v) is 7.11. The van der Waals surface area contributed by atoms with Gasteiger partial charge in [0.1, 0.15) is 17.0 Å². The van der Waals surface area contributed by atoms with Crippen molar-refractivity contribution < 1.29 is 9.66 Å². The molecule has 0 amide bonds. The third-order valence-corrected chi connectivity index (χ3v) is 4.97. The summed E-state index contributed by atoms with van der Waals surface area (Å²) in [7, 11) is 1.63. The van der Waals surface area contributed by atoms with Crippen LogP contribution in [-0.2, 0) is 7.05 Å². The van der Waals surface area contributed by atoms with Gasteiger partial charge in [0.05, 0.1) is 4.92 Å². The molecule has 2 aromatic carbocycles. The van der Waals surface area contributed by atoms with Crippen LogP contribution in [0.4, 0.5) is 5.69 Å². The van der Waals surface area contributed by atoms with E-state index in [2.05, 4.69) is 4.98 Å². The highest BCUT2D eigenvalue weighted by Gasteiger charge is 2.21. The molecule has 0 aliphatic carbocycles. The van der Waals surface area contributed by atoms with Crippen LogP contribution in [0, 0.1) is 17.0 Å². The quantitative estimate of drug-likeness (QED) is 0.370. The predicted molar refractivity (Wildman–Crippen MR) is 112 cm³/mol. The lowest BCUT2D eigenvalue weighted by atomic mass is 10.00. The summed E-state index contributed by atoms with van der Waals surface area (Å²) in [5, 5.41) is 12.8. The minimum absolute atomic E-state index is 0.0269. The van der Waals surface area contributed by atoms with E-state index in [1.54, 1.807) is 62.8 Å². The van der Waals surface area contributed by atoms with Gasteiger partial charge in [-0.05, 0) is 43.3 Å². The summed E-state index contributed by atoms with van der Waals surface area (Å²) in [6.07, 6.45) is 3.32. The van der Waals surface area contributed by atoms with Gasteiger partial charge in [0.15, 0.2) is 0 Å². The van der Waals surface area contributed by atoms with Crippen molar-refractivity contribution in [2.75, 3.05) is 0 Å². The van der Waals surface area contributed by atoms with Crippen LogP contribution in [0.15, 0.2) is 59.7 Å². The fraction of sp³-hybridized carbons (Fsp3) is 0.0952. The van der Waals surface area contributed by atoms with E-state index in [0.717, 1.165) is 0 Å². The molecular weight excluding hydrogens is 394 g/mol. The maximum Gasteiger partial charge on any atom is 0.274 e. The van der Waals surface area contributed by atoms with E-state index in [9.17, 15) is 14.9 Å². The van der Waals surface area contributed by atoms with Gasteiger partial charge >= 0.3 is 0 Å². The molecule has 0 bridgehead atoms. The van der Waals surface area contributed by atoms with Gasteiger partial charge in [0.25, 0.3) is 11.2 Å². The lowest BCUT2D eigenvalue weighted by molar-refractivity contribution is -0.385. The van der Waals surface area contributed by atoms with Crippen LogP contribution in [0.3, 0.4) is 0 Å². The molecule has 7 nitrogen and oxygen atoms in total. The van der Waals surface area contributed by atoms with Gasteiger partial charge in [-0.15, -0.1) is 0 Å². The number of halogens is 1. The molecular formula is C21H16ClN3O4. The van der Waals surface area contributed by atoms with E-state index in [4.69, 9.17) is 16.3 Å². The molecule has 0 unspecified atom stereocenters. The summed E-state index contributed by atoms with van der Waals surface area (Å²) in [4.78, 5) is 26.4. The number of nitro groups is 1. The topological polar surface area (TPSA) is 90.2 Å². The Morgan fingerprint density at radius 2 is 1.86 bits per heavy atom. The Morgan fingerprint density at radius 3 is 2.55 bits per heavy atom. The molecule has 1 N–H and O–H groups in total. The van der Waals surface area contributed by atoms with Gasteiger partial charge in [-0.1, -0.05) is 11.6 Å². The predicted octanol–water partition coefficient (Wildman–Crippen LogP) is 5.20. The molecule has 0 radical (unpaired) electrons. The highest BCUT2D eigenvalue weighted by atomic mass is 35.5. The minimum atomic E-state index is -0.429. The van der Waals surface area contributed by atoms with Crippen molar-refractivity contribution in [1.29, 1.82) is 0 Å². The van der Waals surface area contributed by atoms with Crippen LogP contribution in [0.1, 0.15) is 5.56 Å². The van der Waals surface area contributed by atoms with Gasteiger partial charge in [-0.3, -0.25) is 14.9 Å². The fourth-order valence-corrected chi connectivity index (χ4v) is 3.40. The van der Waals surface area contributed by atoms with Crippen LogP contribution in [0.5, 0.6) is 11.5 Å². The molecule has 146 valence electrons. The number of hydrogen-bond acceptors (Lipinski definition) is 4. The van der Waals surface area contributed by atoms with Gasteiger partial charge in [0.2, 0.25) is 0 Å². The molecule has 0 spiro atoms. The molecule has 29 heavy (non-hydrogen) atoms. The Bertz CT molecular complexity index is 1310. The van der Waals surface area contributed by atoms with Gasteiger partial charge in [-0.2, -0.15) is 0 Å². The van der Waals surface area contributed by atoms with Crippen molar-refractivity contribution in [3.05, 3.63) is 85.9 Å². The van der Waals surface area contributed by atoms with E-state index in [0.29, 0.717) is 44.1 Å². The number of aromatic nitrogens is 2. The molecule has 4 rings (SSSR count). The van der Waals surface area contributed by atoms with Crippen molar-refractivity contribution in [1.82, 2.24) is 9.55 Å². The van der Waals surface area contributed by atoms with Crippen molar-refractivity contribution in [2.45, 2.75) is 6.92 Å². The molecule has 2 aromatic heterocycles. The third-order valence-electron chi connectivity index (χ3n) is 4.72. The van der Waals surface area contributed by atoms with Crippen molar-refractivity contribution in [3.63, 3.8) is 0 Å². The number of pyridine rings is 1. The van der Waals surface area contributed by atoms with Crippen molar-refractivity contribution >= 4 is 28.2 Å². The lowest BCUT2D eigenvalue weighted by Crippen LogP contribution is -2.16. The third kappa shape index (κ3) is 3.36. The average molecular weight is 410 g/mol. The first-order valence-electron chi connectivity index (χ1n) is 8.74. The molecule has 8 heteroatoms. The summed E-state index contributed by atoms with van der Waals surface area (Å²) in [5.41, 5.74) is 1.84. The summed E-state index contributed by atoms with van der Waals surface area (Å²) in [6.45, 7) is 1.66. The number of fused-ring (bicyclic) bond motifs is 1. The van der Waals surface area contributed by atoms with Crippen LogP contribution >= 0.6 is 11.6 Å². The Balaban J connectivity index is 1.98. The standard InChI is InChI=1S/C21H16ClN3O4/c1-12-9-19(29-14-5-3-13(22)4-6-14)16(10-18(12)25(27)28)17-11-24(2)21(26)20-15(17)7-8-23-20/h3-11,23H,1-2H3. The molecule has 2 heterocycles. The Labute approximate surface area is 170 Å². The van der Waals surface area contributed by atoms with E-state index >= 15 is 0 Å². The van der Waals surface area contributed by atoms with Crippen LogP contribution in [-0.4, -0.2) is 14.5 Å². The Morgan fingerprint density at radius 1 is 1.14 bits per heavy atom. The van der Waals surface area contributed by atoms with Crippen LogP contribution < -0.4 is 10.3 Å². The number of nitrogens with zero attached hydrogens (tertiary/aromatic N) is 2. The van der Waals surface area contributed by atoms with Gasteiger partial charge in [-0.25, -0.2) is 0 Å². The van der Waals surface area contributed by atoms with Crippen molar-refractivity contribution in [3.8, 4) is 22.6 Å². The highest BCUT2D eigenvalue weighted by Crippen LogP contribution is 2.40. The molecule has 0 fully saturated rings. The largest absolute Gasteiger partial charge is 0.457 e. The molecule has 4 aromatic rings. The average Bonchev–Trinajstić information content (AvgIpc) is 3.17. The number of aryl methyl sites for hydroxylation is 2. The van der Waals surface area contributed by atoms with E-state index < -0.39 is 4.92 Å². The second-order valence-electron chi connectivity index (χ2n) is 6.67. The molecule has 0 atom stereocenters. The van der Waals surface area contributed by atoms with E-state index in [1.165, 1.54) is 10.6 Å². The summed E-state index contributed by atoms with van der Waals surface area (Å²) < 4.78 is 7.49. The molecule has 0 saturated heterocycles. The Kier molecular flexibility index (Phi) is 4.60. The van der Waals surface area contributed by atoms with Crippen molar-refractivity contribution in [2.24, 2.45) is 7.05 Å². The monoisotopic (exact) mass is 409 g/mol. The fourth-order valence-electron chi connectivity index (χ4n) is 3.27. The number of hydrogen-bond donors (Lipinski definition) is 1. The summed E-state index contributed by atoms with van der Waals surface area (Å²) >= 11 is 5.94. The number of nitro benzene ring substituents is 1. The maximum atomic E-state index is 12.4. The van der Waals surface area contributed by atoms with Crippen LogP contribution in [0.25, 0.3) is 22.0 Å². The second kappa shape index (κ2) is 7.10. The number of benzene rings is 2. The molecule has 0 aliphatic rings. The maximum absolute atomic E-state index is 12.4. The number of ether oxygens (including phenoxy) is 1. The zero-order chi connectivity index (χ0) is 20.7. The highest BCUT2D eigenvalue weighted by molar-refractivity contribution is 6.30. The molecule has 0 aliphatic heterocycles. The number of nitrogens with one attached hydrogen (secondary N) is 1.